The molecule has 20 heavy (non-hydrogen) atoms. The van der Waals surface area contributed by atoms with E-state index >= 15 is 0 Å². The van der Waals surface area contributed by atoms with Crippen molar-refractivity contribution in [3.05, 3.63) is 29.4 Å². The van der Waals surface area contributed by atoms with Crippen LogP contribution in [0.5, 0.6) is 5.75 Å². The SMILES string of the molecule is COc1ccc(Nc2nc(N)nc3[nH]ncc23)cc1Cl. The van der Waals surface area contributed by atoms with Crippen LogP contribution in [0, 0.1) is 0 Å². The monoisotopic (exact) mass is 290 g/mol. The molecule has 0 unspecified atom stereocenters. The summed E-state index contributed by atoms with van der Waals surface area (Å²) in [5.41, 5.74) is 6.99. The summed E-state index contributed by atoms with van der Waals surface area (Å²) in [7, 11) is 1.56. The van der Waals surface area contributed by atoms with Gasteiger partial charge in [0.05, 0.1) is 23.7 Å². The average Bonchev–Trinajstić information content (AvgIpc) is 2.87. The Bertz CT molecular complexity index is 772. The maximum Gasteiger partial charge on any atom is 0.224 e. The van der Waals surface area contributed by atoms with Crippen molar-refractivity contribution in [2.24, 2.45) is 0 Å². The fourth-order valence-corrected chi connectivity index (χ4v) is 2.09. The molecule has 2 aromatic heterocycles. The number of rotatable bonds is 3. The third-order valence-electron chi connectivity index (χ3n) is 2.74. The number of nitrogens with zero attached hydrogens (tertiary/aromatic N) is 3. The highest BCUT2D eigenvalue weighted by Crippen LogP contribution is 2.30. The molecule has 8 heteroatoms. The highest BCUT2D eigenvalue weighted by atomic mass is 35.5. The second-order valence-corrected chi connectivity index (χ2v) is 4.44. The Kier molecular flexibility index (Phi) is 3.03. The Morgan fingerprint density at radius 1 is 1.35 bits per heavy atom. The number of anilines is 3. The van der Waals surface area contributed by atoms with Gasteiger partial charge < -0.3 is 15.8 Å². The van der Waals surface area contributed by atoms with E-state index in [0.717, 1.165) is 11.1 Å². The summed E-state index contributed by atoms with van der Waals surface area (Å²) >= 11 is 6.08. The predicted molar refractivity (Wildman–Crippen MR) is 77.4 cm³/mol. The summed E-state index contributed by atoms with van der Waals surface area (Å²) in [6.07, 6.45) is 1.63. The number of aromatic nitrogens is 4. The molecule has 2 heterocycles. The Hall–Kier alpha value is -2.54. The Labute approximate surface area is 119 Å². The lowest BCUT2D eigenvalue weighted by Crippen LogP contribution is -2.00. The van der Waals surface area contributed by atoms with Crippen molar-refractivity contribution in [1.29, 1.82) is 0 Å². The fourth-order valence-electron chi connectivity index (χ4n) is 1.83. The zero-order valence-corrected chi connectivity index (χ0v) is 11.3. The summed E-state index contributed by atoms with van der Waals surface area (Å²) in [6.45, 7) is 0. The molecule has 3 aromatic rings. The first-order valence-electron chi connectivity index (χ1n) is 5.74. The predicted octanol–water partition coefficient (Wildman–Crippen LogP) is 2.34. The minimum Gasteiger partial charge on any atom is -0.495 e. The van der Waals surface area contributed by atoms with Crippen LogP contribution in [0.1, 0.15) is 0 Å². The van der Waals surface area contributed by atoms with Crippen molar-refractivity contribution in [2.45, 2.75) is 0 Å². The molecule has 0 bridgehead atoms. The number of halogens is 1. The van der Waals surface area contributed by atoms with E-state index in [9.17, 15) is 0 Å². The third-order valence-corrected chi connectivity index (χ3v) is 3.04. The standard InChI is InChI=1S/C12H11ClN6O/c1-20-9-3-2-6(4-8(9)13)16-10-7-5-15-19-11(7)18-12(14)17-10/h2-5H,1H3,(H4,14,15,16,17,18,19). The normalized spacial score (nSPS) is 10.7. The first-order valence-corrected chi connectivity index (χ1v) is 6.12. The summed E-state index contributed by atoms with van der Waals surface area (Å²) in [5.74, 6) is 1.32. The number of H-pyrrole nitrogens is 1. The Balaban J connectivity index is 2.00. The number of nitrogens with two attached hydrogens (primary N) is 1. The second kappa shape index (κ2) is 4.86. The minimum absolute atomic E-state index is 0.156. The van der Waals surface area contributed by atoms with E-state index in [1.54, 1.807) is 25.4 Å². The number of ether oxygens (including phenoxy) is 1. The van der Waals surface area contributed by atoms with Crippen molar-refractivity contribution in [3.63, 3.8) is 0 Å². The number of nitrogens with one attached hydrogen (secondary N) is 2. The van der Waals surface area contributed by atoms with Crippen LogP contribution in [0.15, 0.2) is 24.4 Å². The molecule has 0 fully saturated rings. The number of hydrogen-bond acceptors (Lipinski definition) is 6. The van der Waals surface area contributed by atoms with E-state index < -0.39 is 0 Å². The molecule has 0 saturated carbocycles. The van der Waals surface area contributed by atoms with E-state index in [4.69, 9.17) is 22.1 Å². The molecule has 0 saturated heterocycles. The van der Waals surface area contributed by atoms with Crippen LogP contribution in [0.25, 0.3) is 11.0 Å². The minimum atomic E-state index is 0.156. The molecule has 3 rings (SSSR count). The maximum absolute atomic E-state index is 6.08. The van der Waals surface area contributed by atoms with E-state index in [1.165, 1.54) is 0 Å². The van der Waals surface area contributed by atoms with Crippen LogP contribution < -0.4 is 15.8 Å². The van der Waals surface area contributed by atoms with Crippen molar-refractivity contribution in [2.75, 3.05) is 18.2 Å². The topological polar surface area (TPSA) is 102 Å². The lowest BCUT2D eigenvalue weighted by Gasteiger charge is -2.09. The van der Waals surface area contributed by atoms with Crippen molar-refractivity contribution in [3.8, 4) is 5.75 Å². The fraction of sp³-hybridized carbons (Fsp3) is 0.0833. The van der Waals surface area contributed by atoms with Crippen LogP contribution in [0.3, 0.4) is 0 Å². The highest BCUT2D eigenvalue weighted by Gasteiger charge is 2.09. The van der Waals surface area contributed by atoms with Gasteiger partial charge in [-0.05, 0) is 18.2 Å². The summed E-state index contributed by atoms with van der Waals surface area (Å²) in [5, 5.41) is 11.0. The average molecular weight is 291 g/mol. The number of fused-ring (bicyclic) bond motifs is 1. The molecule has 0 atom stereocenters. The number of benzene rings is 1. The first-order chi connectivity index (χ1) is 9.67. The molecule has 0 aliphatic carbocycles. The molecule has 1 aromatic carbocycles. The molecular formula is C12H11ClN6O. The summed E-state index contributed by atoms with van der Waals surface area (Å²) in [4.78, 5) is 8.21. The highest BCUT2D eigenvalue weighted by molar-refractivity contribution is 6.32. The van der Waals surface area contributed by atoms with Gasteiger partial charge in [0, 0.05) is 5.69 Å². The van der Waals surface area contributed by atoms with Gasteiger partial charge in [-0.25, -0.2) is 0 Å². The number of methoxy groups -OCH3 is 1. The van der Waals surface area contributed by atoms with Gasteiger partial charge in [0.15, 0.2) is 5.65 Å². The van der Waals surface area contributed by atoms with Gasteiger partial charge >= 0.3 is 0 Å². The number of aromatic amines is 1. The lowest BCUT2D eigenvalue weighted by molar-refractivity contribution is 0.415. The van der Waals surface area contributed by atoms with Crippen LogP contribution in [-0.2, 0) is 0 Å². The van der Waals surface area contributed by atoms with E-state index in [2.05, 4.69) is 25.5 Å². The van der Waals surface area contributed by atoms with Gasteiger partial charge in [0.2, 0.25) is 5.95 Å². The molecule has 0 aliphatic rings. The van der Waals surface area contributed by atoms with Gasteiger partial charge in [-0.2, -0.15) is 15.1 Å². The van der Waals surface area contributed by atoms with Gasteiger partial charge in [-0.3, -0.25) is 5.10 Å². The molecule has 0 amide bonds. The van der Waals surface area contributed by atoms with E-state index in [-0.39, 0.29) is 5.95 Å². The van der Waals surface area contributed by atoms with Crippen molar-refractivity contribution in [1.82, 2.24) is 20.2 Å². The van der Waals surface area contributed by atoms with Crippen LogP contribution in [0.4, 0.5) is 17.5 Å². The zero-order chi connectivity index (χ0) is 14.1. The number of hydrogen-bond donors (Lipinski definition) is 3. The Morgan fingerprint density at radius 2 is 2.20 bits per heavy atom. The summed E-state index contributed by atoms with van der Waals surface area (Å²) in [6, 6.07) is 5.33. The molecule has 0 spiro atoms. The van der Waals surface area contributed by atoms with E-state index in [0.29, 0.717) is 22.2 Å². The largest absolute Gasteiger partial charge is 0.495 e. The van der Waals surface area contributed by atoms with Gasteiger partial charge in [-0.15, -0.1) is 0 Å². The zero-order valence-electron chi connectivity index (χ0n) is 10.5. The first kappa shape index (κ1) is 12.5. The molecule has 102 valence electrons. The molecule has 4 N–H and O–H groups in total. The Morgan fingerprint density at radius 3 is 2.95 bits per heavy atom. The van der Waals surface area contributed by atoms with Crippen molar-refractivity contribution < 1.29 is 4.74 Å². The van der Waals surface area contributed by atoms with Crippen LogP contribution >= 0.6 is 11.6 Å². The molecule has 7 nitrogen and oxygen atoms in total. The molecule has 0 aliphatic heterocycles. The molecule has 0 radical (unpaired) electrons. The van der Waals surface area contributed by atoms with Crippen LogP contribution in [0.2, 0.25) is 5.02 Å². The van der Waals surface area contributed by atoms with Crippen molar-refractivity contribution >= 4 is 40.1 Å². The number of nitrogen functional groups attached to an aromatic ring is 1. The van der Waals surface area contributed by atoms with Gasteiger partial charge in [0.25, 0.3) is 0 Å². The quantitative estimate of drug-likeness (QED) is 0.684. The summed E-state index contributed by atoms with van der Waals surface area (Å²) < 4.78 is 5.11. The second-order valence-electron chi connectivity index (χ2n) is 4.04. The lowest BCUT2D eigenvalue weighted by atomic mass is 10.3. The van der Waals surface area contributed by atoms with Crippen LogP contribution in [-0.4, -0.2) is 27.3 Å². The van der Waals surface area contributed by atoms with Gasteiger partial charge in [-0.1, -0.05) is 11.6 Å². The smallest absolute Gasteiger partial charge is 0.224 e. The maximum atomic E-state index is 6.08. The van der Waals surface area contributed by atoms with Gasteiger partial charge in [0.1, 0.15) is 11.6 Å². The third kappa shape index (κ3) is 2.19. The molecular weight excluding hydrogens is 280 g/mol. The van der Waals surface area contributed by atoms with E-state index in [1.807, 2.05) is 6.07 Å².